The Bertz CT molecular complexity index is 538. The highest BCUT2D eigenvalue weighted by atomic mass is 16.5. The number of hydrogen-bond donors (Lipinski definition) is 2. The lowest BCUT2D eigenvalue weighted by molar-refractivity contribution is 0.0265. The van der Waals surface area contributed by atoms with Gasteiger partial charge in [0.25, 0.3) is 0 Å². The molecule has 0 unspecified atom stereocenters. The van der Waals surface area contributed by atoms with Crippen molar-refractivity contribution in [3.8, 4) is 23.8 Å². The van der Waals surface area contributed by atoms with E-state index in [4.69, 9.17) is 15.9 Å². The van der Waals surface area contributed by atoms with Crippen molar-refractivity contribution in [2.24, 2.45) is 0 Å². The van der Waals surface area contributed by atoms with Gasteiger partial charge in [-0.3, -0.25) is 0 Å². The number of aliphatic hydroxyl groups is 1. The largest absolute Gasteiger partial charge is 0.493 e. The highest BCUT2D eigenvalue weighted by Gasteiger charge is 2.36. The standard InChI is InChI=1S/C18H25NO3/c1-4-18(20)11-6-5-7-17(18)19-12-10-14-8-9-15(21-2)16(13-14)22-3/h1,8-9,13,17,19-20H,5-7,10-12H2,2-3H3/t17-,18-/m1/s1. The van der Waals surface area contributed by atoms with Gasteiger partial charge in [0.2, 0.25) is 0 Å². The highest BCUT2D eigenvalue weighted by Crippen LogP contribution is 2.29. The van der Waals surface area contributed by atoms with E-state index in [1.807, 2.05) is 18.2 Å². The number of nitrogens with one attached hydrogen (secondary N) is 1. The number of hydrogen-bond acceptors (Lipinski definition) is 4. The van der Waals surface area contributed by atoms with Crippen LogP contribution >= 0.6 is 0 Å². The fourth-order valence-electron chi connectivity index (χ4n) is 3.03. The molecule has 1 saturated carbocycles. The molecule has 2 atom stereocenters. The van der Waals surface area contributed by atoms with Gasteiger partial charge in [-0.15, -0.1) is 6.42 Å². The monoisotopic (exact) mass is 303 g/mol. The van der Waals surface area contributed by atoms with E-state index in [1.165, 1.54) is 0 Å². The molecule has 2 N–H and O–H groups in total. The third kappa shape index (κ3) is 3.73. The smallest absolute Gasteiger partial charge is 0.160 e. The number of methoxy groups -OCH3 is 2. The molecule has 0 amide bonds. The lowest BCUT2D eigenvalue weighted by Gasteiger charge is -2.36. The average Bonchev–Trinajstić information content (AvgIpc) is 2.56. The molecule has 1 aliphatic carbocycles. The number of terminal acetylenes is 1. The van der Waals surface area contributed by atoms with E-state index in [9.17, 15) is 5.11 Å². The Hall–Kier alpha value is -1.70. The molecule has 120 valence electrons. The van der Waals surface area contributed by atoms with Gasteiger partial charge in [-0.05, 0) is 49.9 Å². The van der Waals surface area contributed by atoms with Crippen LogP contribution in [-0.4, -0.2) is 37.5 Å². The maximum atomic E-state index is 10.5. The summed E-state index contributed by atoms with van der Waals surface area (Å²) in [4.78, 5) is 0. The van der Waals surface area contributed by atoms with Crippen molar-refractivity contribution in [1.82, 2.24) is 5.32 Å². The van der Waals surface area contributed by atoms with Gasteiger partial charge in [0.15, 0.2) is 11.5 Å². The van der Waals surface area contributed by atoms with E-state index < -0.39 is 5.60 Å². The Balaban J connectivity index is 1.92. The SMILES string of the molecule is C#C[C@@]1(O)CCCC[C@H]1NCCc1ccc(OC)c(OC)c1. The molecular formula is C18H25NO3. The van der Waals surface area contributed by atoms with Crippen molar-refractivity contribution in [1.29, 1.82) is 0 Å². The summed E-state index contributed by atoms with van der Waals surface area (Å²) >= 11 is 0. The third-order valence-electron chi connectivity index (χ3n) is 4.38. The lowest BCUT2D eigenvalue weighted by atomic mass is 9.81. The quantitative estimate of drug-likeness (QED) is 0.791. The van der Waals surface area contributed by atoms with Crippen LogP contribution in [0.1, 0.15) is 31.2 Å². The summed E-state index contributed by atoms with van der Waals surface area (Å²) in [5.41, 5.74) is 0.153. The highest BCUT2D eigenvalue weighted by molar-refractivity contribution is 5.42. The second-order valence-corrected chi connectivity index (χ2v) is 5.76. The van der Waals surface area contributed by atoms with Gasteiger partial charge < -0.3 is 19.9 Å². The molecule has 1 fully saturated rings. The van der Waals surface area contributed by atoms with Crippen molar-refractivity contribution in [2.45, 2.75) is 43.7 Å². The van der Waals surface area contributed by atoms with Crippen LogP contribution in [0.25, 0.3) is 0 Å². The molecule has 0 heterocycles. The topological polar surface area (TPSA) is 50.7 Å². The molecule has 4 heteroatoms. The maximum Gasteiger partial charge on any atom is 0.160 e. The van der Waals surface area contributed by atoms with Gasteiger partial charge in [0.05, 0.1) is 14.2 Å². The summed E-state index contributed by atoms with van der Waals surface area (Å²) in [5.74, 6) is 4.03. The molecule has 1 aromatic carbocycles. The molecule has 0 aromatic heterocycles. The Kier molecular flexibility index (Phi) is 5.70. The predicted molar refractivity (Wildman–Crippen MR) is 87.3 cm³/mol. The molecule has 0 radical (unpaired) electrons. The van der Waals surface area contributed by atoms with E-state index in [-0.39, 0.29) is 6.04 Å². The van der Waals surface area contributed by atoms with Crippen LogP contribution in [0.2, 0.25) is 0 Å². The Morgan fingerprint density at radius 3 is 2.77 bits per heavy atom. The van der Waals surface area contributed by atoms with Gasteiger partial charge in [-0.25, -0.2) is 0 Å². The summed E-state index contributed by atoms with van der Waals surface area (Å²) in [6, 6.07) is 5.89. The average molecular weight is 303 g/mol. The molecule has 22 heavy (non-hydrogen) atoms. The van der Waals surface area contributed by atoms with Crippen LogP contribution in [0.4, 0.5) is 0 Å². The molecule has 2 rings (SSSR count). The van der Waals surface area contributed by atoms with Gasteiger partial charge in [0.1, 0.15) is 5.60 Å². The molecule has 1 aromatic rings. The minimum atomic E-state index is -1.00. The van der Waals surface area contributed by atoms with E-state index in [0.717, 1.165) is 49.3 Å². The van der Waals surface area contributed by atoms with Crippen LogP contribution in [0.5, 0.6) is 11.5 Å². The zero-order chi connectivity index (χ0) is 16.0. The normalized spacial score (nSPS) is 24.5. The van der Waals surface area contributed by atoms with Gasteiger partial charge in [0, 0.05) is 6.04 Å². The molecule has 0 aliphatic heterocycles. The van der Waals surface area contributed by atoms with Crippen LogP contribution in [0.15, 0.2) is 18.2 Å². The van der Waals surface area contributed by atoms with E-state index in [1.54, 1.807) is 14.2 Å². The molecule has 0 bridgehead atoms. The Morgan fingerprint density at radius 2 is 2.09 bits per heavy atom. The molecule has 0 saturated heterocycles. The predicted octanol–water partition coefficient (Wildman–Crippen LogP) is 2.14. The fourth-order valence-corrected chi connectivity index (χ4v) is 3.03. The van der Waals surface area contributed by atoms with Crippen LogP contribution in [-0.2, 0) is 6.42 Å². The molecule has 1 aliphatic rings. The second kappa shape index (κ2) is 7.53. The number of rotatable bonds is 6. The van der Waals surface area contributed by atoms with Crippen molar-refractivity contribution in [3.05, 3.63) is 23.8 Å². The zero-order valence-electron chi connectivity index (χ0n) is 13.4. The minimum Gasteiger partial charge on any atom is -0.493 e. The van der Waals surface area contributed by atoms with Crippen LogP contribution in [0.3, 0.4) is 0 Å². The van der Waals surface area contributed by atoms with Gasteiger partial charge in [-0.1, -0.05) is 18.4 Å². The summed E-state index contributed by atoms with van der Waals surface area (Å²) < 4.78 is 10.5. The molecular weight excluding hydrogens is 278 g/mol. The maximum absolute atomic E-state index is 10.5. The van der Waals surface area contributed by atoms with Crippen molar-refractivity contribution in [2.75, 3.05) is 20.8 Å². The molecule has 0 spiro atoms. The summed E-state index contributed by atoms with van der Waals surface area (Å²) in [6.07, 6.45) is 10.1. The van der Waals surface area contributed by atoms with Crippen molar-refractivity contribution in [3.63, 3.8) is 0 Å². The van der Waals surface area contributed by atoms with E-state index >= 15 is 0 Å². The first-order chi connectivity index (χ1) is 10.6. The number of benzene rings is 1. The van der Waals surface area contributed by atoms with Gasteiger partial charge in [-0.2, -0.15) is 0 Å². The first kappa shape index (κ1) is 16.7. The van der Waals surface area contributed by atoms with E-state index in [0.29, 0.717) is 6.42 Å². The lowest BCUT2D eigenvalue weighted by Crippen LogP contribution is -2.52. The van der Waals surface area contributed by atoms with Crippen molar-refractivity contribution >= 4 is 0 Å². The van der Waals surface area contributed by atoms with Gasteiger partial charge >= 0.3 is 0 Å². The van der Waals surface area contributed by atoms with Crippen LogP contribution in [0, 0.1) is 12.3 Å². The second-order valence-electron chi connectivity index (χ2n) is 5.76. The fraction of sp³-hybridized carbons (Fsp3) is 0.556. The van der Waals surface area contributed by atoms with E-state index in [2.05, 4.69) is 11.2 Å². The number of ether oxygens (including phenoxy) is 2. The Labute approximate surface area is 132 Å². The van der Waals surface area contributed by atoms with Crippen molar-refractivity contribution < 1.29 is 14.6 Å². The first-order valence-electron chi connectivity index (χ1n) is 7.77. The summed E-state index contributed by atoms with van der Waals surface area (Å²) in [5, 5.41) is 13.9. The summed E-state index contributed by atoms with van der Waals surface area (Å²) in [7, 11) is 3.26. The zero-order valence-corrected chi connectivity index (χ0v) is 13.4. The van der Waals surface area contributed by atoms with Crippen LogP contribution < -0.4 is 14.8 Å². The first-order valence-corrected chi connectivity index (χ1v) is 7.77. The molecule has 4 nitrogen and oxygen atoms in total. The summed E-state index contributed by atoms with van der Waals surface area (Å²) in [6.45, 7) is 0.768. The third-order valence-corrected chi connectivity index (χ3v) is 4.38. The Morgan fingerprint density at radius 1 is 1.32 bits per heavy atom. The minimum absolute atomic E-state index is 0.0219.